The number of aromatic nitrogens is 5. The number of amides is 3. The van der Waals surface area contributed by atoms with Crippen LogP contribution in [-0.4, -0.2) is 63.5 Å². The number of nitrogens with zero attached hydrogens (tertiary/aromatic N) is 7. The van der Waals surface area contributed by atoms with Gasteiger partial charge in [0.1, 0.15) is 5.82 Å². The smallest absolute Gasteiger partial charge is 0.353 e. The van der Waals surface area contributed by atoms with Crippen LogP contribution in [0.4, 0.5) is 16.3 Å². The lowest BCUT2D eigenvalue weighted by atomic mass is 10.1. The van der Waals surface area contributed by atoms with Crippen molar-refractivity contribution in [1.82, 2.24) is 29.6 Å². The van der Waals surface area contributed by atoms with Crippen LogP contribution in [0.1, 0.15) is 18.1 Å². The largest absolute Gasteiger partial charge is 0.467 e. The Balaban J connectivity index is 0.000000867. The standard InChI is InChI=1S/C26H27N7O3.C2H5NO/c1-16-7-6-8-19(13-16)32-17(2)15-31(26(32)35)23-18(3)21(11-12-27-23)22-10-9-20(14-28-22)33-24(36-5)29-30(4)25(33)34;1-3-2-4/h6-14,17H,15H2,1-5H3;2H,1H3,(H,3,4). The van der Waals surface area contributed by atoms with E-state index in [0.717, 1.165) is 22.4 Å². The summed E-state index contributed by atoms with van der Waals surface area (Å²) >= 11 is 0. The third-order valence-corrected chi connectivity index (χ3v) is 6.51. The number of carbonyl (C=O) groups excluding carboxylic acids is 2. The van der Waals surface area contributed by atoms with E-state index >= 15 is 0 Å². The molecule has 5 rings (SSSR count). The van der Waals surface area contributed by atoms with Gasteiger partial charge in [0.15, 0.2) is 0 Å². The van der Waals surface area contributed by atoms with Crippen molar-refractivity contribution in [3.05, 3.63) is 76.5 Å². The molecule has 3 amide bonds. The van der Waals surface area contributed by atoms with Crippen LogP contribution >= 0.6 is 0 Å². The summed E-state index contributed by atoms with van der Waals surface area (Å²) in [5.41, 5.74) is 4.59. The number of ether oxygens (including phenoxy) is 1. The molecule has 1 unspecified atom stereocenters. The van der Waals surface area contributed by atoms with Gasteiger partial charge in [0.25, 0.3) is 0 Å². The maximum Gasteiger partial charge on any atom is 0.353 e. The highest BCUT2D eigenvalue weighted by Crippen LogP contribution is 2.33. The van der Waals surface area contributed by atoms with Gasteiger partial charge in [0.2, 0.25) is 6.41 Å². The van der Waals surface area contributed by atoms with Gasteiger partial charge < -0.3 is 10.1 Å². The van der Waals surface area contributed by atoms with E-state index in [4.69, 9.17) is 9.53 Å². The van der Waals surface area contributed by atoms with Crippen molar-refractivity contribution < 1.29 is 14.3 Å². The van der Waals surface area contributed by atoms with Crippen molar-refractivity contribution in [3.63, 3.8) is 0 Å². The number of hydrogen-bond acceptors (Lipinski definition) is 7. The molecule has 12 heteroatoms. The second-order valence-corrected chi connectivity index (χ2v) is 9.29. The summed E-state index contributed by atoms with van der Waals surface area (Å²) in [6.45, 7) is 6.52. The highest BCUT2D eigenvalue weighted by molar-refractivity contribution is 6.07. The molecule has 1 aliphatic heterocycles. The monoisotopic (exact) mass is 544 g/mol. The Hall–Kier alpha value is -5.00. The molecule has 1 fully saturated rings. The first-order valence-electron chi connectivity index (χ1n) is 12.6. The number of carbonyl (C=O) groups is 2. The maximum atomic E-state index is 13.5. The average molecular weight is 545 g/mol. The van der Waals surface area contributed by atoms with Crippen LogP contribution in [0.25, 0.3) is 16.9 Å². The number of hydrogen-bond donors (Lipinski definition) is 1. The first kappa shape index (κ1) is 28.0. The maximum absolute atomic E-state index is 13.5. The number of urea groups is 1. The van der Waals surface area contributed by atoms with E-state index in [1.54, 1.807) is 37.5 Å². The Kier molecular flexibility index (Phi) is 8.27. The van der Waals surface area contributed by atoms with Gasteiger partial charge in [0, 0.05) is 43.7 Å². The van der Waals surface area contributed by atoms with Gasteiger partial charge in [0.05, 0.1) is 30.7 Å². The Morgan fingerprint density at radius 2 is 1.82 bits per heavy atom. The highest BCUT2D eigenvalue weighted by Gasteiger charge is 2.38. The number of aryl methyl sites for hydroxylation is 2. The predicted molar refractivity (Wildman–Crippen MR) is 152 cm³/mol. The number of benzene rings is 1. The second kappa shape index (κ2) is 11.8. The van der Waals surface area contributed by atoms with Crippen LogP contribution in [0.2, 0.25) is 0 Å². The van der Waals surface area contributed by atoms with Gasteiger partial charge in [-0.25, -0.2) is 23.8 Å². The minimum absolute atomic E-state index is 0.00524. The fraction of sp³-hybridized carbons (Fsp3) is 0.286. The van der Waals surface area contributed by atoms with Crippen LogP contribution in [0.3, 0.4) is 0 Å². The SMILES string of the molecule is CNC=O.COc1nn(C)c(=O)n1-c1ccc(-c2ccnc(N3CC(C)N(c4cccc(C)c4)C3=O)c2C)nc1. The molecule has 1 aromatic carbocycles. The number of pyridine rings is 2. The Bertz CT molecular complexity index is 1580. The van der Waals surface area contributed by atoms with Crippen molar-refractivity contribution in [3.8, 4) is 23.0 Å². The van der Waals surface area contributed by atoms with Gasteiger partial charge in [-0.1, -0.05) is 12.1 Å². The first-order valence-corrected chi connectivity index (χ1v) is 12.6. The Morgan fingerprint density at radius 1 is 1.07 bits per heavy atom. The highest BCUT2D eigenvalue weighted by atomic mass is 16.5. The van der Waals surface area contributed by atoms with Crippen molar-refractivity contribution in [2.45, 2.75) is 26.8 Å². The van der Waals surface area contributed by atoms with E-state index in [1.807, 2.05) is 62.1 Å². The molecule has 0 bridgehead atoms. The molecule has 0 spiro atoms. The van der Waals surface area contributed by atoms with Crippen LogP contribution in [0.5, 0.6) is 6.01 Å². The lowest BCUT2D eigenvalue weighted by molar-refractivity contribution is -0.109. The number of anilines is 2. The fourth-order valence-electron chi connectivity index (χ4n) is 4.61. The summed E-state index contributed by atoms with van der Waals surface area (Å²) < 4.78 is 7.79. The Labute approximate surface area is 231 Å². The molecule has 0 saturated carbocycles. The Morgan fingerprint density at radius 3 is 2.45 bits per heavy atom. The van der Waals surface area contributed by atoms with Gasteiger partial charge >= 0.3 is 17.7 Å². The molecule has 4 aromatic rings. The normalized spacial score (nSPS) is 14.6. The van der Waals surface area contributed by atoms with Crippen molar-refractivity contribution >= 4 is 23.9 Å². The summed E-state index contributed by atoms with van der Waals surface area (Å²) in [6, 6.07) is 13.5. The van der Waals surface area contributed by atoms with E-state index in [1.165, 1.54) is 16.4 Å². The molecule has 40 heavy (non-hydrogen) atoms. The summed E-state index contributed by atoms with van der Waals surface area (Å²) in [5, 5.41) is 6.32. The molecule has 4 heterocycles. The van der Waals surface area contributed by atoms with E-state index in [0.29, 0.717) is 30.2 Å². The number of rotatable bonds is 6. The molecule has 1 aliphatic rings. The molecular weight excluding hydrogens is 512 g/mol. The van der Waals surface area contributed by atoms with Crippen molar-refractivity contribution in [1.29, 1.82) is 0 Å². The molecule has 208 valence electrons. The fourth-order valence-corrected chi connectivity index (χ4v) is 4.61. The average Bonchev–Trinajstić information content (AvgIpc) is 3.42. The molecule has 1 saturated heterocycles. The van der Waals surface area contributed by atoms with E-state index in [-0.39, 0.29) is 23.8 Å². The van der Waals surface area contributed by atoms with E-state index < -0.39 is 0 Å². The van der Waals surface area contributed by atoms with Crippen molar-refractivity contribution in [2.24, 2.45) is 7.05 Å². The second-order valence-electron chi connectivity index (χ2n) is 9.29. The molecule has 1 atom stereocenters. The third-order valence-electron chi connectivity index (χ3n) is 6.51. The zero-order valence-corrected chi connectivity index (χ0v) is 23.3. The van der Waals surface area contributed by atoms with Crippen LogP contribution in [-0.2, 0) is 11.8 Å². The predicted octanol–water partition coefficient (Wildman–Crippen LogP) is 2.85. The summed E-state index contributed by atoms with van der Waals surface area (Å²) in [7, 11) is 4.58. The van der Waals surface area contributed by atoms with Gasteiger partial charge in [-0.05, 0) is 56.7 Å². The summed E-state index contributed by atoms with van der Waals surface area (Å²) in [6.07, 6.45) is 3.91. The molecular formula is C28H32N8O4. The molecule has 12 nitrogen and oxygen atoms in total. The molecule has 1 N–H and O–H groups in total. The van der Waals surface area contributed by atoms with Gasteiger partial charge in [-0.15, -0.1) is 5.10 Å². The molecule has 3 aromatic heterocycles. The minimum Gasteiger partial charge on any atom is -0.467 e. The lowest BCUT2D eigenvalue weighted by Crippen LogP contribution is -2.34. The number of methoxy groups -OCH3 is 1. The van der Waals surface area contributed by atoms with Crippen molar-refractivity contribution in [2.75, 3.05) is 30.5 Å². The topological polar surface area (TPSA) is 127 Å². The lowest BCUT2D eigenvalue weighted by Gasteiger charge is -2.22. The number of nitrogens with one attached hydrogen (secondary N) is 1. The summed E-state index contributed by atoms with van der Waals surface area (Å²) in [5.74, 6) is 0.607. The zero-order chi connectivity index (χ0) is 29.0. The molecule has 0 aliphatic carbocycles. The molecule has 0 radical (unpaired) electrons. The van der Waals surface area contributed by atoms with E-state index in [2.05, 4.69) is 20.4 Å². The van der Waals surface area contributed by atoms with Gasteiger partial charge in [-0.2, -0.15) is 0 Å². The summed E-state index contributed by atoms with van der Waals surface area (Å²) in [4.78, 5) is 47.7. The van der Waals surface area contributed by atoms with Crippen LogP contribution < -0.4 is 25.5 Å². The quantitative estimate of drug-likeness (QED) is 0.370. The third kappa shape index (κ3) is 5.28. The van der Waals surface area contributed by atoms with Gasteiger partial charge in [-0.3, -0.25) is 19.6 Å². The van der Waals surface area contributed by atoms with Crippen LogP contribution in [0.15, 0.2) is 59.7 Å². The minimum atomic E-state index is -0.330. The first-order chi connectivity index (χ1) is 19.2. The van der Waals surface area contributed by atoms with Crippen LogP contribution in [0, 0.1) is 13.8 Å². The van der Waals surface area contributed by atoms with E-state index in [9.17, 15) is 9.59 Å². The zero-order valence-electron chi connectivity index (χ0n) is 23.3.